The summed E-state index contributed by atoms with van der Waals surface area (Å²) in [7, 11) is 0. The lowest BCUT2D eigenvalue weighted by atomic mass is 10.1. The first-order valence-electron chi connectivity index (χ1n) is 4.35. The number of hydrogen-bond acceptors (Lipinski definition) is 2. The first-order valence-corrected chi connectivity index (χ1v) is 5.14. The van der Waals surface area contributed by atoms with Gasteiger partial charge in [0.05, 0.1) is 12.6 Å². The molecule has 74 valence electrons. The fourth-order valence-electron chi connectivity index (χ4n) is 1.53. The molecule has 0 spiro atoms. The average molecular weight is 255 g/mol. The Kier molecular flexibility index (Phi) is 2.58. The van der Waals surface area contributed by atoms with Crippen molar-refractivity contribution in [3.8, 4) is 0 Å². The molecule has 2 rings (SSSR count). The van der Waals surface area contributed by atoms with E-state index in [1.807, 2.05) is 24.4 Å². The second kappa shape index (κ2) is 3.73. The number of aromatic amines is 1. The molecule has 1 heterocycles. The fourth-order valence-corrected chi connectivity index (χ4v) is 1.89. The summed E-state index contributed by atoms with van der Waals surface area (Å²) in [4.78, 5) is 3.12. The number of nitrogens with two attached hydrogens (primary N) is 1. The maximum Gasteiger partial charge on any atom is 0.0625 e. The van der Waals surface area contributed by atoms with E-state index in [0.717, 1.165) is 20.9 Å². The smallest absolute Gasteiger partial charge is 0.0625 e. The van der Waals surface area contributed by atoms with E-state index in [2.05, 4.69) is 20.9 Å². The summed E-state index contributed by atoms with van der Waals surface area (Å²) in [5, 5.41) is 10.0. The van der Waals surface area contributed by atoms with E-state index in [0.29, 0.717) is 0 Å². The normalized spacial score (nSPS) is 13.4. The Labute approximate surface area is 90.1 Å². The lowest BCUT2D eigenvalue weighted by Gasteiger charge is -2.05. The zero-order valence-electron chi connectivity index (χ0n) is 7.50. The molecule has 0 aliphatic rings. The van der Waals surface area contributed by atoms with Gasteiger partial charge in [-0.05, 0) is 17.7 Å². The number of rotatable bonds is 2. The van der Waals surface area contributed by atoms with Gasteiger partial charge in [-0.1, -0.05) is 22.0 Å². The number of halogens is 1. The minimum atomic E-state index is -0.315. The highest BCUT2D eigenvalue weighted by molar-refractivity contribution is 9.10. The van der Waals surface area contributed by atoms with E-state index in [1.54, 1.807) is 0 Å². The van der Waals surface area contributed by atoms with Crippen LogP contribution in [0.4, 0.5) is 0 Å². The Morgan fingerprint density at radius 3 is 3.00 bits per heavy atom. The van der Waals surface area contributed by atoms with E-state index >= 15 is 0 Å². The summed E-state index contributed by atoms with van der Waals surface area (Å²) in [5.74, 6) is 0. The van der Waals surface area contributed by atoms with Crippen molar-refractivity contribution < 1.29 is 5.11 Å². The van der Waals surface area contributed by atoms with Gasteiger partial charge in [-0.2, -0.15) is 0 Å². The summed E-state index contributed by atoms with van der Waals surface area (Å²) >= 11 is 3.40. The van der Waals surface area contributed by atoms with Gasteiger partial charge in [0, 0.05) is 21.6 Å². The fraction of sp³-hybridized carbons (Fsp3) is 0.200. The predicted molar refractivity (Wildman–Crippen MR) is 60.0 cm³/mol. The quantitative estimate of drug-likeness (QED) is 0.767. The molecule has 4 N–H and O–H groups in total. The van der Waals surface area contributed by atoms with Crippen LogP contribution in [0.25, 0.3) is 10.9 Å². The predicted octanol–water partition coefficient (Wildman–Crippen LogP) is 1.92. The number of aromatic nitrogens is 1. The average Bonchev–Trinajstić information content (AvgIpc) is 2.59. The largest absolute Gasteiger partial charge is 0.394 e. The summed E-state index contributed by atoms with van der Waals surface area (Å²) < 4.78 is 1.02. The maximum atomic E-state index is 8.97. The van der Waals surface area contributed by atoms with Crippen LogP contribution in [0.1, 0.15) is 11.6 Å². The molecule has 1 aromatic heterocycles. The molecule has 1 unspecified atom stereocenters. The second-order valence-electron chi connectivity index (χ2n) is 3.22. The first kappa shape index (κ1) is 9.71. The molecule has 2 aromatic rings. The number of fused-ring (bicyclic) bond motifs is 1. The van der Waals surface area contributed by atoms with Crippen molar-refractivity contribution in [1.29, 1.82) is 0 Å². The summed E-state index contributed by atoms with van der Waals surface area (Å²) in [6.07, 6.45) is 1.85. The molecule has 4 heteroatoms. The van der Waals surface area contributed by atoms with Crippen LogP contribution < -0.4 is 5.73 Å². The van der Waals surface area contributed by atoms with Gasteiger partial charge in [-0.25, -0.2) is 0 Å². The summed E-state index contributed by atoms with van der Waals surface area (Å²) in [6, 6.07) is 5.62. The lowest BCUT2D eigenvalue weighted by molar-refractivity contribution is 0.268. The highest BCUT2D eigenvalue weighted by atomic mass is 79.9. The molecule has 0 radical (unpaired) electrons. The van der Waals surface area contributed by atoms with Crippen molar-refractivity contribution in [1.82, 2.24) is 4.98 Å². The molecule has 0 aliphatic carbocycles. The number of benzene rings is 1. The zero-order valence-corrected chi connectivity index (χ0v) is 9.08. The Morgan fingerprint density at radius 2 is 2.29 bits per heavy atom. The van der Waals surface area contributed by atoms with Crippen LogP contribution in [0, 0.1) is 0 Å². The Bertz CT molecular complexity index is 452. The van der Waals surface area contributed by atoms with Crippen LogP contribution in [0.15, 0.2) is 28.9 Å². The van der Waals surface area contributed by atoms with E-state index < -0.39 is 0 Å². The summed E-state index contributed by atoms with van der Waals surface area (Å²) in [6.45, 7) is -0.0387. The molecular formula is C10H11BrN2O. The second-order valence-corrected chi connectivity index (χ2v) is 4.14. The SMILES string of the molecule is NC(CO)c1c[nH]c2cc(Br)ccc12. The maximum absolute atomic E-state index is 8.97. The number of nitrogens with one attached hydrogen (secondary N) is 1. The van der Waals surface area contributed by atoms with Crippen molar-refractivity contribution in [2.75, 3.05) is 6.61 Å². The standard InChI is InChI=1S/C10H11BrN2O/c11-6-1-2-7-8(9(12)5-14)4-13-10(7)3-6/h1-4,9,13-14H,5,12H2. The minimum Gasteiger partial charge on any atom is -0.394 e. The molecule has 0 saturated carbocycles. The molecule has 0 amide bonds. The Hall–Kier alpha value is -0.840. The van der Waals surface area contributed by atoms with E-state index in [9.17, 15) is 0 Å². The van der Waals surface area contributed by atoms with Gasteiger partial charge < -0.3 is 15.8 Å². The van der Waals surface area contributed by atoms with Crippen molar-refractivity contribution in [3.05, 3.63) is 34.4 Å². The highest BCUT2D eigenvalue weighted by Crippen LogP contribution is 2.25. The third kappa shape index (κ3) is 1.56. The molecule has 0 saturated heterocycles. The van der Waals surface area contributed by atoms with E-state index in [-0.39, 0.29) is 12.6 Å². The van der Waals surface area contributed by atoms with Gasteiger partial charge in [0.1, 0.15) is 0 Å². The van der Waals surface area contributed by atoms with Crippen LogP contribution in [-0.2, 0) is 0 Å². The molecule has 3 nitrogen and oxygen atoms in total. The van der Waals surface area contributed by atoms with Crippen molar-refractivity contribution >= 4 is 26.8 Å². The van der Waals surface area contributed by atoms with E-state index in [4.69, 9.17) is 10.8 Å². The van der Waals surface area contributed by atoms with Crippen LogP contribution in [0.2, 0.25) is 0 Å². The van der Waals surface area contributed by atoms with Crippen LogP contribution in [0.3, 0.4) is 0 Å². The molecule has 1 aromatic carbocycles. The van der Waals surface area contributed by atoms with Crippen molar-refractivity contribution in [2.24, 2.45) is 5.73 Å². The van der Waals surface area contributed by atoms with Crippen molar-refractivity contribution in [3.63, 3.8) is 0 Å². The van der Waals surface area contributed by atoms with Gasteiger partial charge in [-0.3, -0.25) is 0 Å². The number of H-pyrrole nitrogens is 1. The molecule has 0 aliphatic heterocycles. The lowest BCUT2D eigenvalue weighted by Crippen LogP contribution is -2.13. The first-order chi connectivity index (χ1) is 6.72. The van der Waals surface area contributed by atoms with Gasteiger partial charge >= 0.3 is 0 Å². The zero-order chi connectivity index (χ0) is 10.1. The van der Waals surface area contributed by atoms with Crippen molar-refractivity contribution in [2.45, 2.75) is 6.04 Å². The molecule has 1 atom stereocenters. The number of hydrogen-bond donors (Lipinski definition) is 3. The minimum absolute atomic E-state index is 0.0387. The molecule has 0 fully saturated rings. The van der Waals surface area contributed by atoms with Crippen LogP contribution >= 0.6 is 15.9 Å². The van der Waals surface area contributed by atoms with E-state index in [1.165, 1.54) is 0 Å². The number of aliphatic hydroxyl groups is 1. The third-order valence-corrected chi connectivity index (χ3v) is 2.77. The van der Waals surface area contributed by atoms with Gasteiger partial charge in [0.25, 0.3) is 0 Å². The summed E-state index contributed by atoms with van der Waals surface area (Å²) in [5.41, 5.74) is 7.74. The molecular weight excluding hydrogens is 244 g/mol. The monoisotopic (exact) mass is 254 g/mol. The molecule has 14 heavy (non-hydrogen) atoms. The van der Waals surface area contributed by atoms with Gasteiger partial charge in [-0.15, -0.1) is 0 Å². The Balaban J connectivity index is 2.58. The van der Waals surface area contributed by atoms with Crippen LogP contribution in [0.5, 0.6) is 0 Å². The topological polar surface area (TPSA) is 62.0 Å². The van der Waals surface area contributed by atoms with Crippen LogP contribution in [-0.4, -0.2) is 16.7 Å². The number of aliphatic hydroxyl groups excluding tert-OH is 1. The van der Waals surface area contributed by atoms with Gasteiger partial charge in [0.15, 0.2) is 0 Å². The third-order valence-electron chi connectivity index (χ3n) is 2.27. The molecule has 0 bridgehead atoms. The Morgan fingerprint density at radius 1 is 1.50 bits per heavy atom. The highest BCUT2D eigenvalue weighted by Gasteiger charge is 2.10. The van der Waals surface area contributed by atoms with Gasteiger partial charge in [0.2, 0.25) is 0 Å².